The van der Waals surface area contributed by atoms with Gasteiger partial charge in [-0.05, 0) is 25.7 Å². The average Bonchev–Trinajstić information content (AvgIpc) is 2.55. The largest absolute Gasteiger partial charge is 0.462 e. The third-order valence-electron chi connectivity index (χ3n) is 1.98. The highest BCUT2D eigenvalue weighted by atomic mass is 79.9. The second-order valence-electron chi connectivity index (χ2n) is 2.97. The summed E-state index contributed by atoms with van der Waals surface area (Å²) in [5, 5.41) is 0.610. The zero-order chi connectivity index (χ0) is 8.97. The molecule has 0 N–H and O–H groups in total. The number of ether oxygens (including phenoxy) is 1. The number of hydrogen-bond donors (Lipinski definition) is 0. The molecule has 1 aliphatic rings. The van der Waals surface area contributed by atoms with E-state index in [1.165, 1.54) is 12.8 Å². The molecule has 0 saturated heterocycles. The molecule has 0 spiro atoms. The molecule has 0 radical (unpaired) electrons. The van der Waals surface area contributed by atoms with E-state index < -0.39 is 0 Å². The maximum Gasteiger partial charge on any atom is 0.320 e. The minimum Gasteiger partial charge on any atom is -0.462 e. The molecule has 12 heavy (non-hydrogen) atoms. The monoisotopic (exact) mass is 298 g/mol. The van der Waals surface area contributed by atoms with E-state index in [0.717, 1.165) is 12.8 Å². The van der Waals surface area contributed by atoms with E-state index >= 15 is 0 Å². The first-order valence-electron chi connectivity index (χ1n) is 4.14. The molecule has 4 heteroatoms. The molecule has 0 aromatic heterocycles. The van der Waals surface area contributed by atoms with E-state index in [4.69, 9.17) is 4.74 Å². The summed E-state index contributed by atoms with van der Waals surface area (Å²) in [7, 11) is 0. The van der Waals surface area contributed by atoms with Crippen LogP contribution in [-0.4, -0.2) is 22.2 Å². The Balaban J connectivity index is 2.25. The summed E-state index contributed by atoms with van der Waals surface area (Å²) in [6.07, 6.45) is 4.64. The molecule has 1 unspecified atom stereocenters. The molecule has 1 fully saturated rings. The molecule has 1 atom stereocenters. The molecule has 1 saturated carbocycles. The van der Waals surface area contributed by atoms with Gasteiger partial charge in [0.15, 0.2) is 0 Å². The Bertz CT molecular complexity index is 155. The number of halogens is 2. The second-order valence-corrected chi connectivity index (χ2v) is 4.72. The number of carbonyl (C=O) groups is 1. The Morgan fingerprint density at radius 1 is 1.50 bits per heavy atom. The van der Waals surface area contributed by atoms with E-state index in [2.05, 4.69) is 31.9 Å². The predicted molar refractivity (Wildman–Crippen MR) is 54.9 cm³/mol. The first-order chi connectivity index (χ1) is 5.74. The van der Waals surface area contributed by atoms with Crippen molar-refractivity contribution in [2.24, 2.45) is 0 Å². The van der Waals surface area contributed by atoms with Crippen LogP contribution in [0.3, 0.4) is 0 Å². The summed E-state index contributed by atoms with van der Waals surface area (Å²) in [6.45, 7) is 0. The van der Waals surface area contributed by atoms with E-state index in [0.29, 0.717) is 5.33 Å². The standard InChI is InChI=1S/C8H12Br2O2/c9-5-7(10)8(11)12-6-3-1-2-4-6/h6-7H,1-5H2. The van der Waals surface area contributed by atoms with Crippen molar-refractivity contribution in [2.45, 2.75) is 36.6 Å². The zero-order valence-electron chi connectivity index (χ0n) is 6.76. The molecule has 2 nitrogen and oxygen atoms in total. The quantitative estimate of drug-likeness (QED) is 0.591. The van der Waals surface area contributed by atoms with Crippen LogP contribution in [0.5, 0.6) is 0 Å². The lowest BCUT2D eigenvalue weighted by molar-refractivity contribution is -0.147. The first kappa shape index (κ1) is 10.5. The van der Waals surface area contributed by atoms with E-state index in [-0.39, 0.29) is 16.9 Å². The Labute approximate surface area is 89.3 Å². The van der Waals surface area contributed by atoms with Gasteiger partial charge in [-0.15, -0.1) is 0 Å². The summed E-state index contributed by atoms with van der Waals surface area (Å²) >= 11 is 6.45. The second kappa shape index (κ2) is 5.22. The van der Waals surface area contributed by atoms with E-state index in [9.17, 15) is 4.79 Å². The molecular weight excluding hydrogens is 288 g/mol. The molecule has 0 bridgehead atoms. The topological polar surface area (TPSA) is 26.3 Å². The van der Waals surface area contributed by atoms with Crippen molar-refractivity contribution in [3.63, 3.8) is 0 Å². The average molecular weight is 300 g/mol. The lowest BCUT2D eigenvalue weighted by Gasteiger charge is -2.12. The van der Waals surface area contributed by atoms with Crippen molar-refractivity contribution in [1.29, 1.82) is 0 Å². The summed E-state index contributed by atoms with van der Waals surface area (Å²) in [5.74, 6) is -0.140. The molecule has 0 aromatic rings. The first-order valence-corrected chi connectivity index (χ1v) is 6.18. The fourth-order valence-corrected chi connectivity index (χ4v) is 1.68. The normalized spacial score (nSPS) is 20.8. The Morgan fingerprint density at radius 3 is 2.58 bits per heavy atom. The van der Waals surface area contributed by atoms with Crippen LogP contribution in [0, 0.1) is 0 Å². The number of hydrogen-bond acceptors (Lipinski definition) is 2. The molecule has 1 rings (SSSR count). The number of carbonyl (C=O) groups excluding carboxylic acids is 1. The lowest BCUT2D eigenvalue weighted by Crippen LogP contribution is -2.23. The minimum absolute atomic E-state index is 0.140. The molecule has 1 aliphatic carbocycles. The fourth-order valence-electron chi connectivity index (χ4n) is 1.31. The Kier molecular flexibility index (Phi) is 4.57. The van der Waals surface area contributed by atoms with Crippen molar-refractivity contribution < 1.29 is 9.53 Å². The highest BCUT2D eigenvalue weighted by molar-refractivity contribution is 9.12. The van der Waals surface area contributed by atoms with Crippen molar-refractivity contribution in [2.75, 3.05) is 5.33 Å². The molecular formula is C8H12Br2O2. The van der Waals surface area contributed by atoms with E-state index in [1.807, 2.05) is 0 Å². The smallest absolute Gasteiger partial charge is 0.320 e. The molecule has 70 valence electrons. The SMILES string of the molecule is O=C(OC1CCCC1)C(Br)CBr. The number of rotatable bonds is 3. The van der Waals surface area contributed by atoms with Crippen LogP contribution in [-0.2, 0) is 9.53 Å². The summed E-state index contributed by atoms with van der Waals surface area (Å²) < 4.78 is 5.25. The number of alkyl halides is 2. The van der Waals surface area contributed by atoms with Gasteiger partial charge in [0.2, 0.25) is 0 Å². The molecule has 0 heterocycles. The van der Waals surface area contributed by atoms with Gasteiger partial charge in [-0.3, -0.25) is 4.79 Å². The molecule has 0 amide bonds. The third kappa shape index (κ3) is 3.05. The Hall–Kier alpha value is 0.430. The van der Waals surface area contributed by atoms with Gasteiger partial charge in [0.05, 0.1) is 0 Å². The zero-order valence-corrected chi connectivity index (χ0v) is 9.93. The maximum absolute atomic E-state index is 11.2. The van der Waals surface area contributed by atoms with Crippen LogP contribution >= 0.6 is 31.9 Å². The maximum atomic E-state index is 11.2. The fraction of sp³-hybridized carbons (Fsp3) is 0.875. The van der Waals surface area contributed by atoms with Crippen LogP contribution in [0.15, 0.2) is 0 Å². The van der Waals surface area contributed by atoms with Crippen LogP contribution in [0.25, 0.3) is 0 Å². The highest BCUT2D eigenvalue weighted by Crippen LogP contribution is 2.22. The lowest BCUT2D eigenvalue weighted by atomic mass is 10.3. The van der Waals surface area contributed by atoms with Gasteiger partial charge in [-0.25, -0.2) is 0 Å². The van der Waals surface area contributed by atoms with Gasteiger partial charge < -0.3 is 4.74 Å². The molecule has 0 aromatic carbocycles. The minimum atomic E-state index is -0.196. The third-order valence-corrected chi connectivity index (χ3v) is 4.19. The molecule has 0 aliphatic heterocycles. The predicted octanol–water partition coefficient (Wildman–Crippen LogP) is 2.63. The van der Waals surface area contributed by atoms with Gasteiger partial charge >= 0.3 is 5.97 Å². The van der Waals surface area contributed by atoms with Crippen molar-refractivity contribution in [3.8, 4) is 0 Å². The van der Waals surface area contributed by atoms with Crippen molar-refractivity contribution in [3.05, 3.63) is 0 Å². The van der Waals surface area contributed by atoms with Crippen LogP contribution in [0.2, 0.25) is 0 Å². The van der Waals surface area contributed by atoms with Crippen molar-refractivity contribution >= 4 is 37.8 Å². The van der Waals surface area contributed by atoms with Crippen molar-refractivity contribution in [1.82, 2.24) is 0 Å². The highest BCUT2D eigenvalue weighted by Gasteiger charge is 2.22. The summed E-state index contributed by atoms with van der Waals surface area (Å²) in [4.78, 5) is 11.0. The van der Waals surface area contributed by atoms with Crippen LogP contribution in [0.4, 0.5) is 0 Å². The van der Waals surface area contributed by atoms with Gasteiger partial charge in [0.1, 0.15) is 10.9 Å². The van der Waals surface area contributed by atoms with Gasteiger partial charge in [-0.2, -0.15) is 0 Å². The summed E-state index contributed by atoms with van der Waals surface area (Å²) in [5.41, 5.74) is 0. The van der Waals surface area contributed by atoms with Gasteiger partial charge in [0.25, 0.3) is 0 Å². The van der Waals surface area contributed by atoms with Crippen LogP contribution < -0.4 is 0 Å². The Morgan fingerprint density at radius 2 is 2.08 bits per heavy atom. The summed E-state index contributed by atoms with van der Waals surface area (Å²) in [6, 6.07) is 0. The van der Waals surface area contributed by atoms with E-state index in [1.54, 1.807) is 0 Å². The number of esters is 1. The van der Waals surface area contributed by atoms with Gasteiger partial charge in [0, 0.05) is 5.33 Å². The van der Waals surface area contributed by atoms with Crippen LogP contribution in [0.1, 0.15) is 25.7 Å². The van der Waals surface area contributed by atoms with Gasteiger partial charge in [-0.1, -0.05) is 31.9 Å².